The Morgan fingerprint density at radius 3 is 2.63 bits per heavy atom. The highest BCUT2D eigenvalue weighted by Gasteiger charge is 2.56. The van der Waals surface area contributed by atoms with E-state index >= 15 is 0 Å². The minimum Gasteiger partial charge on any atom is -0.482 e. The van der Waals surface area contributed by atoms with Gasteiger partial charge in [-0.2, -0.15) is 0 Å². The van der Waals surface area contributed by atoms with Crippen molar-refractivity contribution in [1.82, 2.24) is 4.57 Å². The summed E-state index contributed by atoms with van der Waals surface area (Å²) in [5.41, 5.74) is -2.10. The summed E-state index contributed by atoms with van der Waals surface area (Å²) in [6, 6.07) is 8.79. The van der Waals surface area contributed by atoms with Crippen molar-refractivity contribution in [2.24, 2.45) is 0 Å². The molecule has 3 unspecified atom stereocenters. The second kappa shape index (κ2) is 6.83. The molecule has 0 saturated carbocycles. The molecule has 2 heterocycles. The van der Waals surface area contributed by atoms with Gasteiger partial charge in [-0.3, -0.25) is 4.79 Å². The van der Waals surface area contributed by atoms with Crippen LogP contribution in [0.3, 0.4) is 0 Å². The van der Waals surface area contributed by atoms with Crippen LogP contribution >= 0.6 is 0 Å². The van der Waals surface area contributed by atoms with Crippen LogP contribution in [0.4, 0.5) is 0 Å². The third kappa shape index (κ3) is 3.02. The Hall–Kier alpha value is -2.64. The highest BCUT2D eigenvalue weighted by Crippen LogP contribution is 2.48. The lowest BCUT2D eigenvalue weighted by atomic mass is 9.74. The number of aromatic nitrogens is 1. The number of hydrogen-bond donors (Lipinski definition) is 1. The van der Waals surface area contributed by atoms with Crippen molar-refractivity contribution in [3.8, 4) is 5.75 Å². The third-order valence-corrected chi connectivity index (χ3v) is 5.21. The van der Waals surface area contributed by atoms with Crippen molar-refractivity contribution in [2.45, 2.75) is 31.1 Å². The number of pyridine rings is 1. The Kier molecular flexibility index (Phi) is 4.84. The maximum absolute atomic E-state index is 12.5. The van der Waals surface area contributed by atoms with Gasteiger partial charge in [0.15, 0.2) is 5.60 Å². The summed E-state index contributed by atoms with van der Waals surface area (Å²) in [6.45, 7) is 3.44. The van der Waals surface area contributed by atoms with Crippen molar-refractivity contribution >= 4 is 5.97 Å². The smallest absolute Gasteiger partial charge is 0.337 e. The van der Waals surface area contributed by atoms with Crippen molar-refractivity contribution in [3.05, 3.63) is 64.1 Å². The summed E-state index contributed by atoms with van der Waals surface area (Å²) < 4.78 is 17.6. The zero-order valence-electron chi connectivity index (χ0n) is 15.8. The number of methoxy groups -OCH3 is 2. The van der Waals surface area contributed by atoms with Crippen LogP contribution in [0.2, 0.25) is 0 Å². The van der Waals surface area contributed by atoms with E-state index in [0.29, 0.717) is 16.9 Å². The van der Waals surface area contributed by atoms with Gasteiger partial charge in [-0.25, -0.2) is 4.79 Å². The molecule has 144 valence electrons. The highest BCUT2D eigenvalue weighted by molar-refractivity contribution is 5.89. The zero-order valence-corrected chi connectivity index (χ0v) is 15.8. The normalized spacial score (nSPS) is 26.8. The predicted octanol–water partition coefficient (Wildman–Crippen LogP) is 1.77. The van der Waals surface area contributed by atoms with Gasteiger partial charge in [-0.1, -0.05) is 6.07 Å². The molecule has 1 aromatic carbocycles. The number of nitrogens with zero attached hydrogens (tertiary/aromatic N) is 1. The van der Waals surface area contributed by atoms with E-state index < -0.39 is 23.2 Å². The van der Waals surface area contributed by atoms with Gasteiger partial charge in [0.05, 0.1) is 25.3 Å². The fraction of sp³-hybridized carbons (Fsp3) is 0.400. The maximum atomic E-state index is 12.5. The van der Waals surface area contributed by atoms with E-state index in [2.05, 4.69) is 0 Å². The fourth-order valence-electron chi connectivity index (χ4n) is 3.56. The number of hydrogen-bond acceptors (Lipinski definition) is 6. The fourth-order valence-corrected chi connectivity index (χ4v) is 3.56. The van der Waals surface area contributed by atoms with Crippen LogP contribution in [0.25, 0.3) is 0 Å². The average molecular weight is 373 g/mol. The van der Waals surface area contributed by atoms with Crippen LogP contribution in [0.5, 0.6) is 5.75 Å². The van der Waals surface area contributed by atoms with Crippen molar-refractivity contribution in [2.75, 3.05) is 20.8 Å². The Labute approximate surface area is 157 Å². The van der Waals surface area contributed by atoms with E-state index in [9.17, 15) is 14.7 Å². The summed E-state index contributed by atoms with van der Waals surface area (Å²) in [7, 11) is 2.81. The van der Waals surface area contributed by atoms with Crippen LogP contribution in [0.1, 0.15) is 35.8 Å². The van der Waals surface area contributed by atoms with Crippen molar-refractivity contribution in [3.63, 3.8) is 0 Å². The number of esters is 1. The van der Waals surface area contributed by atoms with Gasteiger partial charge >= 0.3 is 5.97 Å². The molecule has 7 heteroatoms. The summed E-state index contributed by atoms with van der Waals surface area (Å²) in [5.74, 6) is -0.0451. The first-order valence-corrected chi connectivity index (χ1v) is 8.55. The first-order valence-electron chi connectivity index (χ1n) is 8.55. The quantitative estimate of drug-likeness (QED) is 0.822. The Bertz CT molecular complexity index is 919. The molecule has 1 aromatic heterocycles. The van der Waals surface area contributed by atoms with Crippen molar-refractivity contribution < 1.29 is 24.1 Å². The van der Waals surface area contributed by atoms with E-state index in [1.165, 1.54) is 24.9 Å². The van der Waals surface area contributed by atoms with Crippen LogP contribution < -0.4 is 10.3 Å². The summed E-state index contributed by atoms with van der Waals surface area (Å²) in [6.07, 6.45) is 1.61. The largest absolute Gasteiger partial charge is 0.482 e. The van der Waals surface area contributed by atoms with Crippen LogP contribution in [-0.4, -0.2) is 47.7 Å². The molecular weight excluding hydrogens is 350 g/mol. The summed E-state index contributed by atoms with van der Waals surface area (Å²) in [4.78, 5) is 24.5. The van der Waals surface area contributed by atoms with E-state index in [1.807, 2.05) is 0 Å². The van der Waals surface area contributed by atoms with Gasteiger partial charge in [0.25, 0.3) is 5.56 Å². The lowest BCUT2D eigenvalue weighted by molar-refractivity contribution is -0.171. The highest BCUT2D eigenvalue weighted by atomic mass is 16.6. The Morgan fingerprint density at radius 2 is 2.00 bits per heavy atom. The molecule has 1 N–H and O–H groups in total. The Morgan fingerprint density at radius 1 is 1.26 bits per heavy atom. The average Bonchev–Trinajstić information content (AvgIpc) is 2.63. The Balaban J connectivity index is 2.29. The molecule has 0 aliphatic carbocycles. The second-order valence-electron chi connectivity index (χ2n) is 7.01. The third-order valence-electron chi connectivity index (χ3n) is 5.21. The molecular formula is C20H23NO6. The molecule has 1 aliphatic heterocycles. The number of aliphatic hydroxyl groups is 1. The number of benzene rings is 1. The van der Waals surface area contributed by atoms with Gasteiger partial charge in [-0.05, 0) is 38.1 Å². The number of ether oxygens (including phenoxy) is 3. The minimum atomic E-state index is -1.52. The molecule has 0 fully saturated rings. The molecule has 27 heavy (non-hydrogen) atoms. The van der Waals surface area contributed by atoms with E-state index in [1.54, 1.807) is 50.4 Å². The number of carbonyl (C=O) groups excluding carboxylic acids is 1. The van der Waals surface area contributed by atoms with Crippen LogP contribution in [-0.2, 0) is 9.47 Å². The van der Waals surface area contributed by atoms with E-state index in [0.717, 1.165) is 0 Å². The molecule has 0 saturated heterocycles. The van der Waals surface area contributed by atoms with Gasteiger partial charge in [0.2, 0.25) is 0 Å². The molecule has 0 amide bonds. The first-order chi connectivity index (χ1) is 12.7. The van der Waals surface area contributed by atoms with Crippen LogP contribution in [0, 0.1) is 0 Å². The minimum absolute atomic E-state index is 0.107. The molecule has 3 rings (SSSR count). The molecule has 0 radical (unpaired) electrons. The van der Waals surface area contributed by atoms with E-state index in [4.69, 9.17) is 14.2 Å². The second-order valence-corrected chi connectivity index (χ2v) is 7.01. The lowest BCUT2D eigenvalue weighted by Crippen LogP contribution is -2.64. The summed E-state index contributed by atoms with van der Waals surface area (Å²) in [5, 5.41) is 11.5. The van der Waals surface area contributed by atoms with Crippen molar-refractivity contribution in [1.29, 1.82) is 0 Å². The molecule has 0 spiro atoms. The monoisotopic (exact) mass is 373 g/mol. The summed E-state index contributed by atoms with van der Waals surface area (Å²) >= 11 is 0. The molecule has 2 aromatic rings. The molecule has 3 atom stereocenters. The molecule has 1 aliphatic rings. The number of fused-ring (bicyclic) bond motifs is 1. The topological polar surface area (TPSA) is 87.0 Å². The standard InChI is InChI=1S/C20H23NO6/c1-19(12-25-3)20(2,24)17(21-10-6-5-7-16(21)22)14-11-13(18(23)26-4)8-9-15(14)27-19/h5-11,17,24H,12H2,1-4H3. The van der Waals surface area contributed by atoms with Crippen LogP contribution in [0.15, 0.2) is 47.4 Å². The van der Waals surface area contributed by atoms with E-state index in [-0.39, 0.29) is 12.2 Å². The molecule has 0 bridgehead atoms. The molecule has 7 nitrogen and oxygen atoms in total. The predicted molar refractivity (Wildman–Crippen MR) is 98.2 cm³/mol. The van der Waals surface area contributed by atoms with Gasteiger partial charge in [0.1, 0.15) is 11.4 Å². The lowest BCUT2D eigenvalue weighted by Gasteiger charge is -2.51. The van der Waals surface area contributed by atoms with Gasteiger partial charge in [-0.15, -0.1) is 0 Å². The van der Waals surface area contributed by atoms with Gasteiger partial charge in [0, 0.05) is 24.9 Å². The first kappa shape index (κ1) is 19.1. The SMILES string of the molecule is COCC1(C)Oc2ccc(C(=O)OC)cc2C(n2ccccc2=O)C1(C)O. The number of carbonyl (C=O) groups is 1. The maximum Gasteiger partial charge on any atom is 0.337 e. The number of rotatable bonds is 4. The van der Waals surface area contributed by atoms with Gasteiger partial charge < -0.3 is 23.9 Å². The zero-order chi connectivity index (χ0) is 19.8.